The highest BCUT2D eigenvalue weighted by atomic mass is 32.2. The van der Waals surface area contributed by atoms with Crippen molar-refractivity contribution in [2.75, 3.05) is 6.54 Å². The molecule has 31 heavy (non-hydrogen) atoms. The molecule has 1 amide bonds. The lowest BCUT2D eigenvalue weighted by Crippen LogP contribution is -2.23. The highest BCUT2D eigenvalue weighted by molar-refractivity contribution is 7.98. The largest absolute Gasteiger partial charge is 0.455 e. The third-order valence-electron chi connectivity index (χ3n) is 4.71. The van der Waals surface area contributed by atoms with Gasteiger partial charge in [-0.2, -0.15) is 0 Å². The first-order valence-corrected chi connectivity index (χ1v) is 11.2. The minimum Gasteiger partial charge on any atom is -0.455 e. The van der Waals surface area contributed by atoms with Crippen LogP contribution in [0.4, 0.5) is 0 Å². The van der Waals surface area contributed by atoms with E-state index in [1.54, 1.807) is 6.07 Å². The summed E-state index contributed by atoms with van der Waals surface area (Å²) in [6.45, 7) is 2.65. The van der Waals surface area contributed by atoms with Gasteiger partial charge in [-0.05, 0) is 41.8 Å². The predicted molar refractivity (Wildman–Crippen MR) is 124 cm³/mol. The molecule has 0 aliphatic carbocycles. The lowest BCUT2D eigenvalue weighted by molar-refractivity contribution is 0.0924. The lowest BCUT2D eigenvalue weighted by atomic mass is 10.0. The molecule has 156 valence electrons. The molecule has 5 nitrogen and oxygen atoms in total. The standard InChI is InChI=1S/C25H23N3O2S/c1-2-16-26-25(29)23-14-12-21(30-23)17-31-24-15-13-22(27-28-24)20-10-8-19(9-11-20)18-6-4-3-5-7-18/h3-15H,2,16-17H2,1H3,(H,26,29). The average Bonchev–Trinajstić information content (AvgIpc) is 3.31. The highest BCUT2D eigenvalue weighted by Crippen LogP contribution is 2.26. The van der Waals surface area contributed by atoms with Gasteiger partial charge in [-0.3, -0.25) is 4.79 Å². The Bertz CT molecular complexity index is 1120. The molecule has 0 aliphatic rings. The normalized spacial score (nSPS) is 10.7. The molecule has 4 rings (SSSR count). The monoisotopic (exact) mass is 429 g/mol. The summed E-state index contributed by atoms with van der Waals surface area (Å²) in [6, 6.07) is 26.1. The van der Waals surface area contributed by atoms with E-state index >= 15 is 0 Å². The highest BCUT2D eigenvalue weighted by Gasteiger charge is 2.11. The Morgan fingerprint density at radius 1 is 0.871 bits per heavy atom. The molecule has 0 atom stereocenters. The second-order valence-electron chi connectivity index (χ2n) is 7.01. The van der Waals surface area contributed by atoms with E-state index in [2.05, 4.69) is 51.9 Å². The van der Waals surface area contributed by atoms with Gasteiger partial charge in [0.05, 0.1) is 11.4 Å². The van der Waals surface area contributed by atoms with Gasteiger partial charge in [-0.25, -0.2) is 0 Å². The molecule has 0 saturated carbocycles. The van der Waals surface area contributed by atoms with E-state index in [1.165, 1.54) is 22.9 Å². The second kappa shape index (κ2) is 10.1. The number of nitrogens with zero attached hydrogens (tertiary/aromatic N) is 2. The molecule has 0 aliphatic heterocycles. The van der Waals surface area contributed by atoms with Gasteiger partial charge in [0, 0.05) is 12.1 Å². The van der Waals surface area contributed by atoms with Gasteiger partial charge >= 0.3 is 0 Å². The van der Waals surface area contributed by atoms with Crippen LogP contribution < -0.4 is 5.32 Å². The number of aromatic nitrogens is 2. The van der Waals surface area contributed by atoms with Crippen LogP contribution in [0.1, 0.15) is 29.7 Å². The molecular weight excluding hydrogens is 406 g/mol. The fourth-order valence-electron chi connectivity index (χ4n) is 3.06. The van der Waals surface area contributed by atoms with Crippen LogP contribution in [0.25, 0.3) is 22.4 Å². The molecule has 0 saturated heterocycles. The van der Waals surface area contributed by atoms with Crippen molar-refractivity contribution in [3.8, 4) is 22.4 Å². The molecule has 2 aromatic carbocycles. The van der Waals surface area contributed by atoms with E-state index in [-0.39, 0.29) is 5.91 Å². The minimum atomic E-state index is -0.180. The topological polar surface area (TPSA) is 68.0 Å². The third-order valence-corrected chi connectivity index (χ3v) is 5.65. The number of carbonyl (C=O) groups is 1. The number of hydrogen-bond acceptors (Lipinski definition) is 5. The maximum Gasteiger partial charge on any atom is 0.286 e. The van der Waals surface area contributed by atoms with Crippen molar-refractivity contribution < 1.29 is 9.21 Å². The van der Waals surface area contributed by atoms with Crippen LogP contribution in [0.3, 0.4) is 0 Å². The molecule has 2 aromatic heterocycles. The zero-order chi connectivity index (χ0) is 21.5. The zero-order valence-corrected chi connectivity index (χ0v) is 18.1. The fraction of sp³-hybridized carbons (Fsp3) is 0.160. The number of hydrogen-bond donors (Lipinski definition) is 1. The van der Waals surface area contributed by atoms with E-state index < -0.39 is 0 Å². The van der Waals surface area contributed by atoms with Crippen LogP contribution in [-0.4, -0.2) is 22.6 Å². The first kappa shape index (κ1) is 20.9. The lowest BCUT2D eigenvalue weighted by Gasteiger charge is -2.05. The Kier molecular flexibility index (Phi) is 6.79. The van der Waals surface area contributed by atoms with Crippen molar-refractivity contribution in [3.05, 3.63) is 90.4 Å². The first-order chi connectivity index (χ1) is 15.2. The van der Waals surface area contributed by atoms with Crippen molar-refractivity contribution in [1.29, 1.82) is 0 Å². The van der Waals surface area contributed by atoms with Gasteiger partial charge in [0.1, 0.15) is 10.8 Å². The summed E-state index contributed by atoms with van der Waals surface area (Å²) >= 11 is 1.52. The maximum absolute atomic E-state index is 11.9. The van der Waals surface area contributed by atoms with Gasteiger partial charge in [0.25, 0.3) is 5.91 Å². The SMILES string of the molecule is CCCNC(=O)c1ccc(CSc2ccc(-c3ccc(-c4ccccc4)cc3)nn2)o1. The van der Waals surface area contributed by atoms with Crippen molar-refractivity contribution in [2.45, 2.75) is 24.1 Å². The second-order valence-corrected chi connectivity index (χ2v) is 8.01. The number of furan rings is 1. The van der Waals surface area contributed by atoms with E-state index in [0.717, 1.165) is 28.5 Å². The van der Waals surface area contributed by atoms with Gasteiger partial charge in [0.15, 0.2) is 5.76 Å². The van der Waals surface area contributed by atoms with Gasteiger partial charge in [-0.15, -0.1) is 10.2 Å². The Balaban J connectivity index is 1.35. The molecule has 6 heteroatoms. The van der Waals surface area contributed by atoms with E-state index in [1.807, 2.05) is 43.3 Å². The molecule has 2 heterocycles. The quantitative estimate of drug-likeness (QED) is 0.357. The summed E-state index contributed by atoms with van der Waals surface area (Å²) in [5.74, 6) is 1.47. The molecule has 0 fully saturated rings. The van der Waals surface area contributed by atoms with Crippen molar-refractivity contribution >= 4 is 17.7 Å². The molecular formula is C25H23N3O2S. The number of carbonyl (C=O) groups excluding carboxylic acids is 1. The summed E-state index contributed by atoms with van der Waals surface area (Å²) in [6.07, 6.45) is 0.890. The summed E-state index contributed by atoms with van der Waals surface area (Å²) in [4.78, 5) is 11.9. The van der Waals surface area contributed by atoms with E-state index in [4.69, 9.17) is 4.42 Å². The molecule has 1 N–H and O–H groups in total. The fourth-order valence-corrected chi connectivity index (χ4v) is 3.77. The Hall–Kier alpha value is -3.38. The number of thioether (sulfide) groups is 1. The van der Waals surface area contributed by atoms with Gasteiger partial charge < -0.3 is 9.73 Å². The van der Waals surface area contributed by atoms with E-state index in [9.17, 15) is 4.79 Å². The summed E-state index contributed by atoms with van der Waals surface area (Å²) < 4.78 is 5.62. The number of amides is 1. The Labute approximate surface area is 185 Å². The summed E-state index contributed by atoms with van der Waals surface area (Å²) in [5.41, 5.74) is 4.22. The van der Waals surface area contributed by atoms with Crippen LogP contribution in [0.2, 0.25) is 0 Å². The third kappa shape index (κ3) is 5.41. The average molecular weight is 430 g/mol. The number of rotatable bonds is 8. The van der Waals surface area contributed by atoms with E-state index in [0.29, 0.717) is 18.1 Å². The first-order valence-electron chi connectivity index (χ1n) is 10.2. The molecule has 4 aromatic rings. The van der Waals surface area contributed by atoms with Gasteiger partial charge in [0.2, 0.25) is 0 Å². The molecule has 0 unspecified atom stereocenters. The van der Waals surface area contributed by atoms with Gasteiger partial charge in [-0.1, -0.05) is 73.3 Å². The van der Waals surface area contributed by atoms with Crippen LogP contribution in [0.15, 0.2) is 88.3 Å². The Morgan fingerprint density at radius 3 is 2.32 bits per heavy atom. The van der Waals surface area contributed by atoms with Crippen LogP contribution in [-0.2, 0) is 5.75 Å². The summed E-state index contributed by atoms with van der Waals surface area (Å²) in [7, 11) is 0. The molecule has 0 radical (unpaired) electrons. The molecule has 0 spiro atoms. The predicted octanol–water partition coefficient (Wildman–Crippen LogP) is 5.84. The molecule has 0 bridgehead atoms. The van der Waals surface area contributed by atoms with Crippen LogP contribution in [0.5, 0.6) is 0 Å². The minimum absolute atomic E-state index is 0.180. The summed E-state index contributed by atoms with van der Waals surface area (Å²) in [5, 5.41) is 12.3. The van der Waals surface area contributed by atoms with Crippen molar-refractivity contribution in [3.63, 3.8) is 0 Å². The van der Waals surface area contributed by atoms with Crippen molar-refractivity contribution in [2.24, 2.45) is 0 Å². The maximum atomic E-state index is 11.9. The van der Waals surface area contributed by atoms with Crippen molar-refractivity contribution in [1.82, 2.24) is 15.5 Å². The van der Waals surface area contributed by atoms with Crippen LogP contribution in [0, 0.1) is 0 Å². The van der Waals surface area contributed by atoms with Crippen LogP contribution >= 0.6 is 11.8 Å². The Morgan fingerprint density at radius 2 is 1.61 bits per heavy atom. The number of nitrogens with one attached hydrogen (secondary N) is 1. The zero-order valence-electron chi connectivity index (χ0n) is 17.2. The smallest absolute Gasteiger partial charge is 0.286 e. The number of benzene rings is 2.